The highest BCUT2D eigenvalue weighted by Gasteiger charge is 2.09. The van der Waals surface area contributed by atoms with Crippen molar-refractivity contribution < 1.29 is 19.1 Å². The van der Waals surface area contributed by atoms with Crippen molar-refractivity contribution >= 4 is 11.9 Å². The summed E-state index contributed by atoms with van der Waals surface area (Å²) in [5, 5.41) is 0. The SMILES string of the molecule is CCCCC=CC(COC(C)=O)OC(C)=O. The van der Waals surface area contributed by atoms with Gasteiger partial charge in [0.2, 0.25) is 0 Å². The molecule has 0 amide bonds. The van der Waals surface area contributed by atoms with Crippen LogP contribution in [0, 0.1) is 0 Å². The number of rotatable bonds is 7. The zero-order chi connectivity index (χ0) is 12.4. The zero-order valence-electron chi connectivity index (χ0n) is 10.2. The first-order valence-corrected chi connectivity index (χ1v) is 5.53. The van der Waals surface area contributed by atoms with Crippen molar-refractivity contribution in [2.75, 3.05) is 6.61 Å². The number of hydrogen-bond donors (Lipinski definition) is 0. The lowest BCUT2D eigenvalue weighted by molar-refractivity contribution is -0.153. The van der Waals surface area contributed by atoms with Gasteiger partial charge in [-0.25, -0.2) is 0 Å². The fourth-order valence-electron chi connectivity index (χ4n) is 1.11. The lowest BCUT2D eigenvalue weighted by atomic mass is 10.2. The molecule has 0 heterocycles. The summed E-state index contributed by atoms with van der Waals surface area (Å²) in [6, 6.07) is 0. The first-order chi connectivity index (χ1) is 7.56. The summed E-state index contributed by atoms with van der Waals surface area (Å²) < 4.78 is 9.77. The summed E-state index contributed by atoms with van der Waals surface area (Å²) in [7, 11) is 0. The van der Waals surface area contributed by atoms with Crippen molar-refractivity contribution in [1.29, 1.82) is 0 Å². The molecule has 92 valence electrons. The second kappa shape index (κ2) is 8.95. The van der Waals surface area contributed by atoms with E-state index in [0.717, 1.165) is 19.3 Å². The standard InChI is InChI=1S/C12H20O4/c1-4-5-6-7-8-12(16-11(3)14)9-15-10(2)13/h7-8,12H,4-6,9H2,1-3H3. The molecule has 0 fully saturated rings. The average Bonchev–Trinajstić information content (AvgIpc) is 2.19. The van der Waals surface area contributed by atoms with Gasteiger partial charge in [0.05, 0.1) is 0 Å². The predicted octanol–water partition coefficient (Wildman–Crippen LogP) is 2.23. The van der Waals surface area contributed by atoms with Crippen LogP contribution < -0.4 is 0 Å². The van der Waals surface area contributed by atoms with Crippen LogP contribution in [0.2, 0.25) is 0 Å². The Kier molecular flexibility index (Phi) is 8.21. The largest absolute Gasteiger partial charge is 0.462 e. The third kappa shape index (κ3) is 9.24. The number of esters is 2. The minimum absolute atomic E-state index is 0.0809. The van der Waals surface area contributed by atoms with Crippen molar-refractivity contribution in [3.63, 3.8) is 0 Å². The predicted molar refractivity (Wildman–Crippen MR) is 60.9 cm³/mol. The average molecular weight is 228 g/mol. The van der Waals surface area contributed by atoms with Crippen LogP contribution in [-0.4, -0.2) is 24.6 Å². The van der Waals surface area contributed by atoms with Gasteiger partial charge in [0.25, 0.3) is 0 Å². The fourth-order valence-corrected chi connectivity index (χ4v) is 1.11. The number of carbonyl (C=O) groups excluding carboxylic acids is 2. The molecule has 16 heavy (non-hydrogen) atoms. The van der Waals surface area contributed by atoms with Crippen molar-refractivity contribution in [1.82, 2.24) is 0 Å². The molecular weight excluding hydrogens is 208 g/mol. The lowest BCUT2D eigenvalue weighted by Gasteiger charge is -2.12. The molecule has 0 rings (SSSR count). The molecule has 4 nitrogen and oxygen atoms in total. The monoisotopic (exact) mass is 228 g/mol. The molecule has 0 saturated carbocycles. The fraction of sp³-hybridized carbons (Fsp3) is 0.667. The highest BCUT2D eigenvalue weighted by molar-refractivity contribution is 5.67. The molecule has 0 saturated heterocycles. The summed E-state index contributed by atoms with van der Waals surface area (Å²) in [6.07, 6.45) is 6.39. The van der Waals surface area contributed by atoms with Crippen molar-refractivity contribution in [2.24, 2.45) is 0 Å². The first kappa shape index (κ1) is 14.7. The number of unbranched alkanes of at least 4 members (excludes halogenated alkanes) is 2. The molecule has 4 heteroatoms. The molecule has 1 unspecified atom stereocenters. The third-order valence-corrected chi connectivity index (χ3v) is 1.84. The lowest BCUT2D eigenvalue weighted by Crippen LogP contribution is -2.21. The zero-order valence-corrected chi connectivity index (χ0v) is 10.2. The maximum absolute atomic E-state index is 10.8. The molecule has 0 aliphatic heterocycles. The van der Waals surface area contributed by atoms with E-state index in [1.165, 1.54) is 13.8 Å². The Morgan fingerprint density at radius 1 is 1.25 bits per heavy atom. The second-order valence-corrected chi connectivity index (χ2v) is 3.52. The Hall–Kier alpha value is -1.32. The van der Waals surface area contributed by atoms with Gasteiger partial charge in [-0.2, -0.15) is 0 Å². The quantitative estimate of drug-likeness (QED) is 0.381. The van der Waals surface area contributed by atoms with Crippen LogP contribution in [0.5, 0.6) is 0 Å². The minimum atomic E-state index is -0.474. The van der Waals surface area contributed by atoms with Crippen molar-refractivity contribution in [3.05, 3.63) is 12.2 Å². The molecule has 0 radical (unpaired) electrons. The van der Waals surface area contributed by atoms with E-state index in [1.807, 2.05) is 6.08 Å². The van der Waals surface area contributed by atoms with Gasteiger partial charge in [-0.3, -0.25) is 9.59 Å². The molecule has 0 aromatic rings. The van der Waals surface area contributed by atoms with E-state index in [1.54, 1.807) is 6.08 Å². The Bertz CT molecular complexity index is 245. The third-order valence-electron chi connectivity index (χ3n) is 1.84. The van der Waals surface area contributed by atoms with Gasteiger partial charge in [0, 0.05) is 13.8 Å². The van der Waals surface area contributed by atoms with Crippen molar-refractivity contribution in [2.45, 2.75) is 46.1 Å². The van der Waals surface area contributed by atoms with Gasteiger partial charge in [-0.15, -0.1) is 0 Å². The van der Waals surface area contributed by atoms with E-state index < -0.39 is 6.10 Å². The van der Waals surface area contributed by atoms with Crippen LogP contribution in [0.15, 0.2) is 12.2 Å². The van der Waals surface area contributed by atoms with E-state index >= 15 is 0 Å². The molecule has 1 atom stereocenters. The Balaban J connectivity index is 4.03. The van der Waals surface area contributed by atoms with E-state index in [0.29, 0.717) is 0 Å². The van der Waals surface area contributed by atoms with E-state index in [-0.39, 0.29) is 18.5 Å². The van der Waals surface area contributed by atoms with Gasteiger partial charge in [0.1, 0.15) is 6.61 Å². The van der Waals surface area contributed by atoms with Crippen LogP contribution in [0.4, 0.5) is 0 Å². The van der Waals surface area contributed by atoms with E-state index in [9.17, 15) is 9.59 Å². The van der Waals surface area contributed by atoms with E-state index in [4.69, 9.17) is 9.47 Å². The van der Waals surface area contributed by atoms with Crippen LogP contribution in [0.1, 0.15) is 40.0 Å². The summed E-state index contributed by atoms with van der Waals surface area (Å²) in [5.74, 6) is -0.753. The molecule has 0 aromatic heterocycles. The van der Waals surface area contributed by atoms with Gasteiger partial charge in [-0.1, -0.05) is 25.8 Å². The van der Waals surface area contributed by atoms with Gasteiger partial charge >= 0.3 is 11.9 Å². The summed E-state index contributed by atoms with van der Waals surface area (Å²) in [5.41, 5.74) is 0. The maximum Gasteiger partial charge on any atom is 0.303 e. The van der Waals surface area contributed by atoms with Crippen LogP contribution in [0.3, 0.4) is 0 Å². The number of hydrogen-bond acceptors (Lipinski definition) is 4. The second-order valence-electron chi connectivity index (χ2n) is 3.52. The number of allylic oxidation sites excluding steroid dienone is 1. The van der Waals surface area contributed by atoms with Gasteiger partial charge < -0.3 is 9.47 Å². The number of carbonyl (C=O) groups is 2. The molecule has 0 aromatic carbocycles. The smallest absolute Gasteiger partial charge is 0.303 e. The normalized spacial score (nSPS) is 12.4. The Morgan fingerprint density at radius 3 is 2.44 bits per heavy atom. The number of ether oxygens (including phenoxy) is 2. The Morgan fingerprint density at radius 2 is 1.94 bits per heavy atom. The van der Waals surface area contributed by atoms with Crippen LogP contribution >= 0.6 is 0 Å². The van der Waals surface area contributed by atoms with Crippen molar-refractivity contribution in [3.8, 4) is 0 Å². The van der Waals surface area contributed by atoms with E-state index in [2.05, 4.69) is 6.92 Å². The Labute approximate surface area is 96.6 Å². The van der Waals surface area contributed by atoms with Crippen LogP contribution in [0.25, 0.3) is 0 Å². The summed E-state index contributed by atoms with van der Waals surface area (Å²) >= 11 is 0. The molecular formula is C12H20O4. The van der Waals surface area contributed by atoms with Gasteiger partial charge in [-0.05, 0) is 12.5 Å². The minimum Gasteiger partial charge on any atom is -0.462 e. The summed E-state index contributed by atoms with van der Waals surface area (Å²) in [4.78, 5) is 21.4. The highest BCUT2D eigenvalue weighted by atomic mass is 16.6. The molecule has 0 spiro atoms. The maximum atomic E-state index is 10.8. The molecule has 0 bridgehead atoms. The van der Waals surface area contributed by atoms with Gasteiger partial charge in [0.15, 0.2) is 6.10 Å². The molecule has 0 aliphatic carbocycles. The topological polar surface area (TPSA) is 52.6 Å². The summed E-state index contributed by atoms with van der Waals surface area (Å²) in [6.45, 7) is 4.85. The van der Waals surface area contributed by atoms with Crippen LogP contribution in [-0.2, 0) is 19.1 Å². The molecule has 0 N–H and O–H groups in total. The highest BCUT2D eigenvalue weighted by Crippen LogP contribution is 2.01. The molecule has 0 aliphatic rings. The first-order valence-electron chi connectivity index (χ1n) is 5.53.